The Morgan fingerprint density at radius 3 is 2.53 bits per heavy atom. The minimum atomic E-state index is -0.121. The molecule has 0 aliphatic rings. The lowest BCUT2D eigenvalue weighted by atomic mass is 10.1. The maximum Gasteiger partial charge on any atom is 0.251 e. The van der Waals surface area contributed by atoms with E-state index in [9.17, 15) is 9.90 Å². The summed E-state index contributed by atoms with van der Waals surface area (Å²) in [6.07, 6.45) is 1.92. The van der Waals surface area contributed by atoms with Gasteiger partial charge in [-0.15, -0.1) is 0 Å². The lowest BCUT2D eigenvalue weighted by Gasteiger charge is -2.21. The van der Waals surface area contributed by atoms with Gasteiger partial charge in [0.05, 0.1) is 13.2 Å². The molecule has 0 radical (unpaired) electrons. The summed E-state index contributed by atoms with van der Waals surface area (Å²) in [5, 5.41) is 12.1. The molecule has 2 unspecified atom stereocenters. The molecule has 106 valence electrons. The minimum absolute atomic E-state index is 0.0108. The molecule has 1 rings (SSSR count). The zero-order valence-corrected chi connectivity index (χ0v) is 12.4. The van der Waals surface area contributed by atoms with Crippen molar-refractivity contribution in [2.45, 2.75) is 24.8 Å². The van der Waals surface area contributed by atoms with Gasteiger partial charge in [0, 0.05) is 24.0 Å². The molecule has 0 aliphatic heterocycles. The molecule has 4 nitrogen and oxygen atoms in total. The number of amides is 1. The number of ether oxygens (including phenoxy) is 1. The predicted molar refractivity (Wildman–Crippen MR) is 78.5 cm³/mol. The summed E-state index contributed by atoms with van der Waals surface area (Å²) in [5.41, 5.74) is 1.65. The fourth-order valence-electron chi connectivity index (χ4n) is 1.74. The molecule has 0 saturated carbocycles. The van der Waals surface area contributed by atoms with E-state index >= 15 is 0 Å². The first kappa shape index (κ1) is 16.0. The van der Waals surface area contributed by atoms with Gasteiger partial charge in [-0.1, -0.05) is 12.1 Å². The Labute approximate surface area is 118 Å². The van der Waals surface area contributed by atoms with Gasteiger partial charge >= 0.3 is 0 Å². The Morgan fingerprint density at radius 1 is 1.42 bits per heavy atom. The van der Waals surface area contributed by atoms with Crippen LogP contribution >= 0.6 is 11.8 Å². The Hall–Kier alpha value is -1.04. The maximum atomic E-state index is 12.0. The number of hydrogen-bond acceptors (Lipinski definition) is 4. The van der Waals surface area contributed by atoms with E-state index in [0.29, 0.717) is 12.2 Å². The zero-order valence-electron chi connectivity index (χ0n) is 11.6. The van der Waals surface area contributed by atoms with Crippen molar-refractivity contribution < 1.29 is 14.6 Å². The first-order valence-corrected chi connectivity index (χ1v) is 7.43. The zero-order chi connectivity index (χ0) is 14.3. The van der Waals surface area contributed by atoms with E-state index < -0.39 is 0 Å². The van der Waals surface area contributed by atoms with Crippen molar-refractivity contribution in [1.29, 1.82) is 0 Å². The third-order valence-corrected chi connectivity index (χ3v) is 4.09. The molecule has 0 aromatic heterocycles. The van der Waals surface area contributed by atoms with Crippen molar-refractivity contribution in [3.05, 3.63) is 35.4 Å². The highest BCUT2D eigenvalue weighted by Crippen LogP contribution is 2.11. The molecular formula is C14H21NO3S. The second kappa shape index (κ2) is 8.19. The third kappa shape index (κ3) is 4.86. The van der Waals surface area contributed by atoms with Gasteiger partial charge in [0.2, 0.25) is 0 Å². The summed E-state index contributed by atoms with van der Waals surface area (Å²) in [6.45, 7) is 2.49. The van der Waals surface area contributed by atoms with E-state index in [4.69, 9.17) is 4.74 Å². The fourth-order valence-corrected chi connectivity index (χ4v) is 2.36. The Bertz CT molecular complexity index is 390. The van der Waals surface area contributed by atoms with Gasteiger partial charge in [-0.3, -0.25) is 4.79 Å². The Balaban J connectivity index is 2.62. The SMILES string of the molecule is COCc1ccc(C(=O)NC(C)C(CO)SC)cc1. The number of methoxy groups -OCH3 is 1. The number of carbonyl (C=O) groups excluding carboxylic acids is 1. The summed E-state index contributed by atoms with van der Waals surface area (Å²) in [7, 11) is 1.64. The van der Waals surface area contributed by atoms with Gasteiger partial charge in [-0.2, -0.15) is 11.8 Å². The van der Waals surface area contributed by atoms with Crippen molar-refractivity contribution in [2.75, 3.05) is 20.0 Å². The molecule has 0 spiro atoms. The van der Waals surface area contributed by atoms with Crippen LogP contribution in [-0.4, -0.2) is 42.3 Å². The number of carbonyl (C=O) groups is 1. The largest absolute Gasteiger partial charge is 0.395 e. The third-order valence-electron chi connectivity index (χ3n) is 2.93. The standard InChI is InChI=1S/C14H21NO3S/c1-10(13(8-16)19-3)15-14(17)12-6-4-11(5-7-12)9-18-2/h4-7,10,13,16H,8-9H2,1-3H3,(H,15,17). The molecule has 0 saturated heterocycles. The lowest BCUT2D eigenvalue weighted by Crippen LogP contribution is -2.41. The molecule has 0 aliphatic carbocycles. The van der Waals surface area contributed by atoms with Crippen LogP contribution in [0.5, 0.6) is 0 Å². The van der Waals surface area contributed by atoms with Gasteiger partial charge in [0.25, 0.3) is 5.91 Å². The summed E-state index contributed by atoms with van der Waals surface area (Å²) in [6, 6.07) is 7.24. The molecule has 1 aromatic carbocycles. The number of aliphatic hydroxyl groups excluding tert-OH is 1. The predicted octanol–water partition coefficient (Wildman–Crippen LogP) is 1.68. The highest BCUT2D eigenvalue weighted by molar-refractivity contribution is 7.99. The van der Waals surface area contributed by atoms with Crippen LogP contribution in [0.4, 0.5) is 0 Å². The quantitative estimate of drug-likeness (QED) is 0.799. The first-order chi connectivity index (χ1) is 9.12. The van der Waals surface area contributed by atoms with Crippen LogP contribution in [0.1, 0.15) is 22.8 Å². The first-order valence-electron chi connectivity index (χ1n) is 6.14. The van der Waals surface area contributed by atoms with E-state index in [1.165, 1.54) is 0 Å². The molecule has 5 heteroatoms. The second-order valence-corrected chi connectivity index (χ2v) is 5.43. The van der Waals surface area contributed by atoms with E-state index in [-0.39, 0.29) is 23.8 Å². The summed E-state index contributed by atoms with van der Waals surface area (Å²) < 4.78 is 5.02. The van der Waals surface area contributed by atoms with Crippen molar-refractivity contribution in [3.63, 3.8) is 0 Å². The van der Waals surface area contributed by atoms with Gasteiger partial charge < -0.3 is 15.2 Å². The van der Waals surface area contributed by atoms with Gasteiger partial charge in [0.15, 0.2) is 0 Å². The smallest absolute Gasteiger partial charge is 0.251 e. The normalized spacial score (nSPS) is 13.9. The summed E-state index contributed by atoms with van der Waals surface area (Å²) in [4.78, 5) is 12.0. The average Bonchev–Trinajstić information content (AvgIpc) is 2.41. The van der Waals surface area contributed by atoms with Crippen LogP contribution in [0.2, 0.25) is 0 Å². The van der Waals surface area contributed by atoms with Crippen LogP contribution < -0.4 is 5.32 Å². The van der Waals surface area contributed by atoms with Crippen LogP contribution in [0.3, 0.4) is 0 Å². The van der Waals surface area contributed by atoms with Crippen LogP contribution in [0.15, 0.2) is 24.3 Å². The molecular weight excluding hydrogens is 262 g/mol. The van der Waals surface area contributed by atoms with Crippen molar-refractivity contribution >= 4 is 17.7 Å². The minimum Gasteiger partial charge on any atom is -0.395 e. The number of aliphatic hydroxyl groups is 1. The number of benzene rings is 1. The summed E-state index contributed by atoms with van der Waals surface area (Å²) >= 11 is 1.54. The van der Waals surface area contributed by atoms with Gasteiger partial charge in [-0.05, 0) is 30.9 Å². The second-order valence-electron chi connectivity index (χ2n) is 4.35. The number of thioether (sulfide) groups is 1. The van der Waals surface area contributed by atoms with E-state index in [1.54, 1.807) is 31.0 Å². The molecule has 2 atom stereocenters. The average molecular weight is 283 g/mol. The highest BCUT2D eigenvalue weighted by atomic mass is 32.2. The molecule has 19 heavy (non-hydrogen) atoms. The monoisotopic (exact) mass is 283 g/mol. The summed E-state index contributed by atoms with van der Waals surface area (Å²) in [5.74, 6) is -0.121. The maximum absolute atomic E-state index is 12.0. The van der Waals surface area contributed by atoms with Crippen LogP contribution in [0, 0.1) is 0 Å². The molecule has 1 amide bonds. The van der Waals surface area contributed by atoms with Crippen molar-refractivity contribution in [1.82, 2.24) is 5.32 Å². The molecule has 0 fully saturated rings. The lowest BCUT2D eigenvalue weighted by molar-refractivity contribution is 0.0936. The van der Waals surface area contributed by atoms with Gasteiger partial charge in [0.1, 0.15) is 0 Å². The molecule has 1 aromatic rings. The molecule has 0 heterocycles. The fraction of sp³-hybridized carbons (Fsp3) is 0.500. The highest BCUT2D eigenvalue weighted by Gasteiger charge is 2.17. The van der Waals surface area contributed by atoms with Crippen LogP contribution in [0.25, 0.3) is 0 Å². The van der Waals surface area contributed by atoms with E-state index in [0.717, 1.165) is 5.56 Å². The van der Waals surface area contributed by atoms with Crippen molar-refractivity contribution in [2.24, 2.45) is 0 Å². The van der Waals surface area contributed by atoms with Gasteiger partial charge in [-0.25, -0.2) is 0 Å². The Kier molecular flexibility index (Phi) is 6.91. The number of nitrogens with one attached hydrogen (secondary N) is 1. The van der Waals surface area contributed by atoms with Crippen molar-refractivity contribution in [3.8, 4) is 0 Å². The number of hydrogen-bond donors (Lipinski definition) is 2. The molecule has 0 bridgehead atoms. The van der Waals surface area contributed by atoms with Crippen LogP contribution in [-0.2, 0) is 11.3 Å². The van der Waals surface area contributed by atoms with E-state index in [2.05, 4.69) is 5.32 Å². The Morgan fingerprint density at radius 2 is 2.05 bits per heavy atom. The topological polar surface area (TPSA) is 58.6 Å². The van der Waals surface area contributed by atoms with E-state index in [1.807, 2.05) is 25.3 Å². The molecule has 2 N–H and O–H groups in total. The number of rotatable bonds is 7.